The van der Waals surface area contributed by atoms with Gasteiger partial charge in [-0.1, -0.05) is 32.1 Å². The normalized spacial score (nSPS) is 18.6. The smallest absolute Gasteiger partial charge is 0.00953 e. The Kier molecular flexibility index (Phi) is 8.26. The molecule has 11 heavy (non-hydrogen) atoms. The Morgan fingerprint density at radius 2 is 1.64 bits per heavy atom. The molecule has 0 aromatic heterocycles. The molecule has 0 bridgehead atoms. The van der Waals surface area contributed by atoms with E-state index in [1.54, 1.807) is 0 Å². The first-order chi connectivity index (χ1) is 5.43. The first-order valence-corrected chi connectivity index (χ1v) is 5.17. The summed E-state index contributed by atoms with van der Waals surface area (Å²) in [5.74, 6) is 2.11. The maximum atomic E-state index is 4.23. The molecule has 0 heterocycles. The summed E-state index contributed by atoms with van der Waals surface area (Å²) in [4.78, 5) is 0. The molecule has 0 atom stereocenters. The Hall–Kier alpha value is 0.0900. The van der Waals surface area contributed by atoms with Crippen LogP contribution in [0.1, 0.15) is 38.5 Å². The minimum absolute atomic E-state index is 1.02. The van der Waals surface area contributed by atoms with Gasteiger partial charge in [0.25, 0.3) is 0 Å². The minimum atomic E-state index is 1.02. The Bertz CT molecular complexity index is 72.2. The van der Waals surface area contributed by atoms with Crippen LogP contribution in [0.4, 0.5) is 0 Å². The third kappa shape index (κ3) is 5.37. The van der Waals surface area contributed by atoms with Gasteiger partial charge in [0, 0.05) is 0 Å². The standard InChI is InChI=1S/C8H16S.C2H4/c9-7-6-8-4-2-1-3-5-8;1-2/h8-9H,1-7H2;1-2H2. The molecule has 0 aliphatic heterocycles. The van der Waals surface area contributed by atoms with Crippen LogP contribution in [-0.2, 0) is 0 Å². The van der Waals surface area contributed by atoms with Gasteiger partial charge in [0.2, 0.25) is 0 Å². The number of rotatable bonds is 2. The quantitative estimate of drug-likeness (QED) is 0.476. The van der Waals surface area contributed by atoms with Gasteiger partial charge >= 0.3 is 0 Å². The van der Waals surface area contributed by atoms with Crippen molar-refractivity contribution in [3.05, 3.63) is 13.2 Å². The lowest BCUT2D eigenvalue weighted by Crippen LogP contribution is -2.06. The molecular weight excluding hydrogens is 152 g/mol. The van der Waals surface area contributed by atoms with Crippen molar-refractivity contribution in [2.45, 2.75) is 38.5 Å². The summed E-state index contributed by atoms with van der Waals surface area (Å²) in [5, 5.41) is 0. The van der Waals surface area contributed by atoms with Gasteiger partial charge in [0.05, 0.1) is 0 Å². The third-order valence-corrected chi connectivity index (χ3v) is 2.52. The highest BCUT2D eigenvalue weighted by atomic mass is 32.1. The Labute approximate surface area is 76.5 Å². The van der Waals surface area contributed by atoms with Gasteiger partial charge in [0.15, 0.2) is 0 Å². The maximum absolute atomic E-state index is 4.23. The van der Waals surface area contributed by atoms with Crippen molar-refractivity contribution in [3.63, 3.8) is 0 Å². The summed E-state index contributed by atoms with van der Waals surface area (Å²) < 4.78 is 0. The van der Waals surface area contributed by atoms with Gasteiger partial charge in [-0.05, 0) is 18.1 Å². The predicted molar refractivity (Wildman–Crippen MR) is 56.3 cm³/mol. The molecule has 0 spiro atoms. The van der Waals surface area contributed by atoms with E-state index in [0.29, 0.717) is 0 Å². The summed E-state index contributed by atoms with van der Waals surface area (Å²) in [6.45, 7) is 6.00. The molecule has 0 amide bonds. The molecule has 1 rings (SSSR count). The first kappa shape index (κ1) is 11.1. The Morgan fingerprint density at radius 3 is 2.09 bits per heavy atom. The molecule has 0 aromatic carbocycles. The highest BCUT2D eigenvalue weighted by Gasteiger charge is 2.11. The van der Waals surface area contributed by atoms with Crippen LogP contribution in [0.5, 0.6) is 0 Å². The second kappa shape index (κ2) is 8.19. The lowest BCUT2D eigenvalue weighted by Gasteiger charge is -2.20. The Morgan fingerprint density at radius 1 is 1.09 bits per heavy atom. The van der Waals surface area contributed by atoms with E-state index in [-0.39, 0.29) is 0 Å². The third-order valence-electron chi connectivity index (χ3n) is 2.26. The first-order valence-electron chi connectivity index (χ1n) is 4.54. The lowest BCUT2D eigenvalue weighted by molar-refractivity contribution is 0.352. The van der Waals surface area contributed by atoms with Crippen LogP contribution >= 0.6 is 12.6 Å². The summed E-state index contributed by atoms with van der Waals surface area (Å²) in [6, 6.07) is 0. The van der Waals surface area contributed by atoms with E-state index in [1.165, 1.54) is 38.5 Å². The molecule has 0 aromatic rings. The van der Waals surface area contributed by atoms with E-state index in [9.17, 15) is 0 Å². The van der Waals surface area contributed by atoms with Gasteiger partial charge in [-0.2, -0.15) is 12.6 Å². The largest absolute Gasteiger partial charge is 0.179 e. The molecule has 0 saturated heterocycles. The molecule has 1 aliphatic carbocycles. The summed E-state index contributed by atoms with van der Waals surface area (Å²) >= 11 is 4.23. The van der Waals surface area contributed by atoms with E-state index in [1.807, 2.05) is 0 Å². The van der Waals surface area contributed by atoms with Gasteiger partial charge in [-0.3, -0.25) is 0 Å². The van der Waals surface area contributed by atoms with Crippen molar-refractivity contribution >= 4 is 12.6 Å². The highest BCUT2D eigenvalue weighted by molar-refractivity contribution is 7.80. The van der Waals surface area contributed by atoms with Crippen molar-refractivity contribution in [2.75, 3.05) is 5.75 Å². The molecule has 0 nitrogen and oxygen atoms in total. The molecular formula is C10H20S. The average Bonchev–Trinajstić information content (AvgIpc) is 2.11. The summed E-state index contributed by atoms with van der Waals surface area (Å²) in [6.07, 6.45) is 8.71. The van der Waals surface area contributed by atoms with Crippen LogP contribution in [0.2, 0.25) is 0 Å². The molecule has 66 valence electrons. The molecule has 1 aliphatic rings. The molecule has 0 N–H and O–H groups in total. The van der Waals surface area contributed by atoms with E-state index >= 15 is 0 Å². The lowest BCUT2D eigenvalue weighted by atomic mass is 9.88. The van der Waals surface area contributed by atoms with Crippen molar-refractivity contribution in [3.8, 4) is 0 Å². The van der Waals surface area contributed by atoms with Crippen molar-refractivity contribution in [2.24, 2.45) is 5.92 Å². The summed E-state index contributed by atoms with van der Waals surface area (Å²) in [5.41, 5.74) is 0. The van der Waals surface area contributed by atoms with Gasteiger partial charge in [-0.15, -0.1) is 13.2 Å². The van der Waals surface area contributed by atoms with Gasteiger partial charge < -0.3 is 0 Å². The van der Waals surface area contributed by atoms with Crippen LogP contribution in [0.3, 0.4) is 0 Å². The van der Waals surface area contributed by atoms with Crippen molar-refractivity contribution in [1.29, 1.82) is 0 Å². The molecule has 1 saturated carbocycles. The number of hydrogen-bond donors (Lipinski definition) is 1. The van der Waals surface area contributed by atoms with Crippen molar-refractivity contribution in [1.82, 2.24) is 0 Å². The summed E-state index contributed by atoms with van der Waals surface area (Å²) in [7, 11) is 0. The number of thiol groups is 1. The van der Waals surface area contributed by atoms with Crippen LogP contribution in [0, 0.1) is 5.92 Å². The zero-order valence-corrected chi connectivity index (χ0v) is 8.28. The number of hydrogen-bond acceptors (Lipinski definition) is 1. The molecule has 0 radical (unpaired) electrons. The van der Waals surface area contributed by atoms with Crippen molar-refractivity contribution < 1.29 is 0 Å². The Balaban J connectivity index is 0.000000461. The van der Waals surface area contributed by atoms with E-state index < -0.39 is 0 Å². The SMILES string of the molecule is C=C.SCCC1CCCCC1. The van der Waals surface area contributed by atoms with Crippen LogP contribution in [-0.4, -0.2) is 5.75 Å². The average molecular weight is 172 g/mol. The molecule has 0 unspecified atom stereocenters. The second-order valence-electron chi connectivity index (χ2n) is 3.02. The highest BCUT2D eigenvalue weighted by Crippen LogP contribution is 2.26. The van der Waals surface area contributed by atoms with Gasteiger partial charge in [-0.25, -0.2) is 0 Å². The van der Waals surface area contributed by atoms with Crippen LogP contribution in [0.15, 0.2) is 13.2 Å². The zero-order chi connectivity index (χ0) is 8.53. The zero-order valence-electron chi connectivity index (χ0n) is 7.39. The van der Waals surface area contributed by atoms with Crippen LogP contribution < -0.4 is 0 Å². The monoisotopic (exact) mass is 172 g/mol. The fraction of sp³-hybridized carbons (Fsp3) is 0.800. The topological polar surface area (TPSA) is 0 Å². The van der Waals surface area contributed by atoms with Gasteiger partial charge in [0.1, 0.15) is 0 Å². The van der Waals surface area contributed by atoms with Crippen LogP contribution in [0.25, 0.3) is 0 Å². The molecule has 1 fully saturated rings. The molecule has 1 heteroatoms. The van der Waals surface area contributed by atoms with E-state index in [4.69, 9.17) is 0 Å². The minimum Gasteiger partial charge on any atom is -0.179 e. The van der Waals surface area contributed by atoms with E-state index in [0.717, 1.165) is 11.7 Å². The predicted octanol–water partition coefficient (Wildman–Crippen LogP) is 3.69. The van der Waals surface area contributed by atoms with E-state index in [2.05, 4.69) is 25.8 Å². The maximum Gasteiger partial charge on any atom is -0.00953 e. The second-order valence-corrected chi connectivity index (χ2v) is 3.46. The fourth-order valence-corrected chi connectivity index (χ4v) is 2.02. The fourth-order valence-electron chi connectivity index (χ4n) is 1.66.